The van der Waals surface area contributed by atoms with Gasteiger partial charge in [0.25, 0.3) is 0 Å². The van der Waals surface area contributed by atoms with Gasteiger partial charge in [-0.3, -0.25) is 0 Å². The molecule has 1 saturated heterocycles. The van der Waals surface area contributed by atoms with E-state index in [0.717, 1.165) is 19.0 Å². The summed E-state index contributed by atoms with van der Waals surface area (Å²) in [5.41, 5.74) is -0.223. The summed E-state index contributed by atoms with van der Waals surface area (Å²) >= 11 is 0. The molecule has 0 spiro atoms. The smallest absolute Gasteiger partial charge is 0.0697 e. The second kappa shape index (κ2) is 4.96. The molecule has 1 aliphatic rings. The molecular weight excluding hydrogens is 186 g/mol. The molecule has 1 atom stereocenters. The van der Waals surface area contributed by atoms with Crippen LogP contribution >= 0.6 is 0 Å². The summed E-state index contributed by atoms with van der Waals surface area (Å²) < 4.78 is 0. The minimum Gasteiger partial charge on any atom is -0.306 e. The number of nitrogens with zero attached hydrogens (tertiary/aromatic N) is 3. The van der Waals surface area contributed by atoms with Crippen LogP contribution in [0.1, 0.15) is 20.3 Å². The molecule has 0 saturated carbocycles. The van der Waals surface area contributed by atoms with Gasteiger partial charge in [0, 0.05) is 19.6 Å². The maximum absolute atomic E-state index is 8.96. The second-order valence-electron chi connectivity index (χ2n) is 5.61. The fraction of sp³-hybridized carbons (Fsp3) is 0.917. The van der Waals surface area contributed by atoms with E-state index in [4.69, 9.17) is 5.26 Å². The van der Waals surface area contributed by atoms with Gasteiger partial charge in [0.1, 0.15) is 0 Å². The molecule has 3 heteroatoms. The highest BCUT2D eigenvalue weighted by atomic mass is 15.1. The molecule has 1 aliphatic heterocycles. The molecule has 3 nitrogen and oxygen atoms in total. The van der Waals surface area contributed by atoms with E-state index in [1.165, 1.54) is 19.5 Å². The average Bonchev–Trinajstić information content (AvgIpc) is 2.50. The van der Waals surface area contributed by atoms with Crippen molar-refractivity contribution in [3.63, 3.8) is 0 Å². The van der Waals surface area contributed by atoms with Crippen LogP contribution in [0.3, 0.4) is 0 Å². The van der Waals surface area contributed by atoms with Crippen LogP contribution in [0.25, 0.3) is 0 Å². The largest absolute Gasteiger partial charge is 0.306 e. The monoisotopic (exact) mass is 209 g/mol. The molecule has 1 heterocycles. The van der Waals surface area contributed by atoms with Gasteiger partial charge in [0.15, 0.2) is 0 Å². The third kappa shape index (κ3) is 4.19. The summed E-state index contributed by atoms with van der Waals surface area (Å²) in [5.74, 6) is 0.787. The van der Waals surface area contributed by atoms with E-state index in [1.54, 1.807) is 0 Å². The van der Waals surface area contributed by atoms with Crippen LogP contribution in [-0.2, 0) is 0 Å². The lowest BCUT2D eigenvalue weighted by Crippen LogP contribution is -2.34. The van der Waals surface area contributed by atoms with Gasteiger partial charge in [-0.1, -0.05) is 0 Å². The van der Waals surface area contributed by atoms with Gasteiger partial charge in [-0.05, 0) is 46.8 Å². The number of rotatable bonds is 4. The van der Waals surface area contributed by atoms with Crippen LogP contribution in [0.2, 0.25) is 0 Å². The Morgan fingerprint density at radius 1 is 1.53 bits per heavy atom. The normalized spacial score (nSPS) is 23.3. The van der Waals surface area contributed by atoms with Crippen LogP contribution in [0, 0.1) is 22.7 Å². The Kier molecular flexibility index (Phi) is 4.12. The Balaban J connectivity index is 2.30. The zero-order valence-electron chi connectivity index (χ0n) is 10.5. The van der Waals surface area contributed by atoms with Gasteiger partial charge in [-0.25, -0.2) is 0 Å². The molecule has 0 amide bonds. The molecule has 1 rings (SSSR count). The van der Waals surface area contributed by atoms with E-state index in [-0.39, 0.29) is 5.41 Å². The van der Waals surface area contributed by atoms with Crippen LogP contribution in [0.4, 0.5) is 0 Å². The van der Waals surface area contributed by atoms with Gasteiger partial charge < -0.3 is 9.80 Å². The summed E-state index contributed by atoms with van der Waals surface area (Å²) in [5, 5.41) is 8.96. The lowest BCUT2D eigenvalue weighted by atomic mass is 9.95. The third-order valence-corrected chi connectivity index (χ3v) is 3.03. The summed E-state index contributed by atoms with van der Waals surface area (Å²) in [7, 11) is 4.30. The van der Waals surface area contributed by atoms with Gasteiger partial charge in [0.2, 0.25) is 0 Å². The Hall–Kier alpha value is -0.590. The van der Waals surface area contributed by atoms with Crippen molar-refractivity contribution in [2.24, 2.45) is 11.3 Å². The predicted octanol–water partition coefficient (Wildman–Crippen LogP) is 1.42. The Morgan fingerprint density at radius 3 is 2.67 bits per heavy atom. The predicted molar refractivity (Wildman–Crippen MR) is 62.5 cm³/mol. The first-order valence-electron chi connectivity index (χ1n) is 5.71. The molecule has 0 aromatic rings. The zero-order chi connectivity index (χ0) is 11.5. The van der Waals surface area contributed by atoms with Crippen molar-refractivity contribution in [1.82, 2.24) is 9.80 Å². The van der Waals surface area contributed by atoms with Gasteiger partial charge in [-0.2, -0.15) is 5.26 Å². The third-order valence-electron chi connectivity index (χ3n) is 3.03. The van der Waals surface area contributed by atoms with Crippen LogP contribution < -0.4 is 0 Å². The van der Waals surface area contributed by atoms with Crippen molar-refractivity contribution >= 4 is 0 Å². The molecule has 0 bridgehead atoms. The van der Waals surface area contributed by atoms with Crippen molar-refractivity contribution in [2.75, 3.05) is 40.3 Å². The van der Waals surface area contributed by atoms with Crippen LogP contribution in [-0.4, -0.2) is 50.1 Å². The topological polar surface area (TPSA) is 30.3 Å². The minimum absolute atomic E-state index is 0.223. The summed E-state index contributed by atoms with van der Waals surface area (Å²) in [4.78, 5) is 4.68. The maximum Gasteiger partial charge on any atom is 0.0697 e. The molecule has 0 aromatic carbocycles. The Bertz CT molecular complexity index is 242. The van der Waals surface area contributed by atoms with Crippen LogP contribution in [0.5, 0.6) is 0 Å². The summed E-state index contributed by atoms with van der Waals surface area (Å²) in [6.07, 6.45) is 1.30. The summed E-state index contributed by atoms with van der Waals surface area (Å²) in [6, 6.07) is 2.35. The number of likely N-dealkylation sites (tertiary alicyclic amines) is 1. The SMILES string of the molecule is CN1CCC(CN(C)CC(C)(C)C#N)C1. The highest BCUT2D eigenvalue weighted by Crippen LogP contribution is 2.18. The first kappa shape index (κ1) is 12.5. The number of nitriles is 1. The van der Waals surface area contributed by atoms with Gasteiger partial charge >= 0.3 is 0 Å². The van der Waals surface area contributed by atoms with E-state index in [1.807, 2.05) is 13.8 Å². The zero-order valence-corrected chi connectivity index (χ0v) is 10.5. The highest BCUT2D eigenvalue weighted by Gasteiger charge is 2.24. The maximum atomic E-state index is 8.96. The second-order valence-corrected chi connectivity index (χ2v) is 5.61. The van der Waals surface area contributed by atoms with Crippen molar-refractivity contribution in [3.8, 4) is 6.07 Å². The fourth-order valence-corrected chi connectivity index (χ4v) is 2.39. The molecule has 0 aromatic heterocycles. The average molecular weight is 209 g/mol. The van der Waals surface area contributed by atoms with Crippen molar-refractivity contribution in [2.45, 2.75) is 20.3 Å². The van der Waals surface area contributed by atoms with Crippen molar-refractivity contribution < 1.29 is 0 Å². The molecule has 0 aliphatic carbocycles. The first-order chi connectivity index (χ1) is 6.93. The van der Waals surface area contributed by atoms with E-state index in [2.05, 4.69) is 30.0 Å². The van der Waals surface area contributed by atoms with E-state index >= 15 is 0 Å². The highest BCUT2D eigenvalue weighted by molar-refractivity contribution is 4.93. The molecule has 1 fully saturated rings. The molecule has 0 radical (unpaired) electrons. The van der Waals surface area contributed by atoms with Crippen molar-refractivity contribution in [1.29, 1.82) is 5.26 Å². The fourth-order valence-electron chi connectivity index (χ4n) is 2.39. The van der Waals surface area contributed by atoms with Crippen molar-refractivity contribution in [3.05, 3.63) is 0 Å². The molecule has 15 heavy (non-hydrogen) atoms. The molecular formula is C12H23N3. The lowest BCUT2D eigenvalue weighted by molar-refractivity contribution is 0.221. The molecule has 1 unspecified atom stereocenters. The minimum atomic E-state index is -0.223. The number of hydrogen-bond acceptors (Lipinski definition) is 3. The summed E-state index contributed by atoms with van der Waals surface area (Å²) in [6.45, 7) is 8.42. The molecule has 86 valence electrons. The first-order valence-corrected chi connectivity index (χ1v) is 5.71. The lowest BCUT2D eigenvalue weighted by Gasteiger charge is -2.26. The standard InChI is InChI=1S/C12H23N3/c1-12(2,9-13)10-15(4)8-11-5-6-14(3)7-11/h11H,5-8,10H2,1-4H3. The van der Waals surface area contributed by atoms with Crippen LogP contribution in [0.15, 0.2) is 0 Å². The number of hydrogen-bond donors (Lipinski definition) is 0. The van der Waals surface area contributed by atoms with Gasteiger partial charge in [-0.15, -0.1) is 0 Å². The quantitative estimate of drug-likeness (QED) is 0.701. The van der Waals surface area contributed by atoms with Gasteiger partial charge in [0.05, 0.1) is 11.5 Å². The van der Waals surface area contributed by atoms with E-state index < -0.39 is 0 Å². The Labute approximate surface area is 93.7 Å². The Morgan fingerprint density at radius 2 is 2.20 bits per heavy atom. The van der Waals surface area contributed by atoms with E-state index in [0.29, 0.717) is 0 Å². The molecule has 0 N–H and O–H groups in total. The van der Waals surface area contributed by atoms with E-state index in [9.17, 15) is 0 Å².